The van der Waals surface area contributed by atoms with E-state index in [0.717, 1.165) is 4.47 Å². The Hall–Kier alpha value is -0.870. The summed E-state index contributed by atoms with van der Waals surface area (Å²) in [5, 5.41) is 8.96. The third kappa shape index (κ3) is 2.29. The van der Waals surface area contributed by atoms with Gasteiger partial charge in [-0.2, -0.15) is 0 Å². The third-order valence-electron chi connectivity index (χ3n) is 1.64. The van der Waals surface area contributed by atoms with Crippen molar-refractivity contribution >= 4 is 21.9 Å². The van der Waals surface area contributed by atoms with E-state index in [0.29, 0.717) is 11.1 Å². The van der Waals surface area contributed by atoms with Crippen molar-refractivity contribution in [3.8, 4) is 0 Å². The maximum Gasteiger partial charge on any atom is 0.338 e. The number of methoxy groups -OCH3 is 1. The van der Waals surface area contributed by atoms with Gasteiger partial charge in [0.2, 0.25) is 0 Å². The molecule has 1 aromatic rings. The maximum atomic E-state index is 11.2. The van der Waals surface area contributed by atoms with Crippen LogP contribution in [-0.4, -0.2) is 18.2 Å². The summed E-state index contributed by atoms with van der Waals surface area (Å²) in [4.78, 5) is 11.2. The van der Waals surface area contributed by atoms with Gasteiger partial charge in [0.1, 0.15) is 0 Å². The van der Waals surface area contributed by atoms with Crippen molar-refractivity contribution in [1.82, 2.24) is 0 Å². The second kappa shape index (κ2) is 4.39. The Bertz CT molecular complexity index is 323. The lowest BCUT2D eigenvalue weighted by molar-refractivity contribution is 0.0597. The lowest BCUT2D eigenvalue weighted by atomic mass is 10.1. The first-order valence-corrected chi connectivity index (χ1v) is 4.46. The zero-order chi connectivity index (χ0) is 9.84. The number of aliphatic hydroxyl groups is 1. The zero-order valence-corrected chi connectivity index (χ0v) is 8.67. The molecule has 0 saturated heterocycles. The van der Waals surface area contributed by atoms with Gasteiger partial charge in [-0.15, -0.1) is 0 Å². The molecule has 0 aromatic heterocycles. The molecule has 0 atom stereocenters. The molecule has 4 heteroatoms. The SMILES string of the molecule is COC(=O)c1ccc(Br)cc1CO. The fourth-order valence-electron chi connectivity index (χ4n) is 1.00. The number of ether oxygens (including phenoxy) is 1. The van der Waals surface area contributed by atoms with Crippen LogP contribution in [0.25, 0.3) is 0 Å². The highest BCUT2D eigenvalue weighted by Gasteiger charge is 2.10. The molecular weight excluding hydrogens is 236 g/mol. The molecule has 0 radical (unpaired) electrons. The smallest absolute Gasteiger partial charge is 0.338 e. The molecule has 0 aliphatic carbocycles. The predicted molar refractivity (Wildman–Crippen MR) is 51.4 cm³/mol. The van der Waals surface area contributed by atoms with E-state index in [-0.39, 0.29) is 6.61 Å². The quantitative estimate of drug-likeness (QED) is 0.807. The topological polar surface area (TPSA) is 46.5 Å². The van der Waals surface area contributed by atoms with Gasteiger partial charge in [0.05, 0.1) is 19.3 Å². The van der Waals surface area contributed by atoms with Crippen molar-refractivity contribution in [3.05, 3.63) is 33.8 Å². The summed E-state index contributed by atoms with van der Waals surface area (Å²) in [7, 11) is 1.31. The van der Waals surface area contributed by atoms with Gasteiger partial charge in [-0.05, 0) is 23.8 Å². The number of rotatable bonds is 2. The van der Waals surface area contributed by atoms with Gasteiger partial charge in [-0.1, -0.05) is 15.9 Å². The molecule has 1 aromatic carbocycles. The van der Waals surface area contributed by atoms with E-state index in [1.807, 2.05) is 0 Å². The van der Waals surface area contributed by atoms with E-state index in [9.17, 15) is 4.79 Å². The average Bonchev–Trinajstić information content (AvgIpc) is 2.16. The van der Waals surface area contributed by atoms with Gasteiger partial charge in [0.25, 0.3) is 0 Å². The summed E-state index contributed by atoms with van der Waals surface area (Å²) in [6.45, 7) is -0.177. The first-order valence-electron chi connectivity index (χ1n) is 3.66. The van der Waals surface area contributed by atoms with Crippen LogP contribution in [0, 0.1) is 0 Å². The molecule has 0 saturated carbocycles. The monoisotopic (exact) mass is 244 g/mol. The maximum absolute atomic E-state index is 11.2. The van der Waals surface area contributed by atoms with Crippen molar-refractivity contribution in [2.24, 2.45) is 0 Å². The molecule has 0 spiro atoms. The third-order valence-corrected chi connectivity index (χ3v) is 2.14. The molecule has 0 amide bonds. The minimum Gasteiger partial charge on any atom is -0.465 e. The molecule has 0 aliphatic rings. The van der Waals surface area contributed by atoms with E-state index in [1.54, 1.807) is 18.2 Å². The molecule has 1 N–H and O–H groups in total. The molecule has 1 rings (SSSR count). The molecule has 0 heterocycles. The van der Waals surface area contributed by atoms with E-state index >= 15 is 0 Å². The fourth-order valence-corrected chi connectivity index (χ4v) is 1.41. The van der Waals surface area contributed by atoms with Gasteiger partial charge >= 0.3 is 5.97 Å². The van der Waals surface area contributed by atoms with Crippen molar-refractivity contribution in [2.75, 3.05) is 7.11 Å². The second-order valence-corrected chi connectivity index (χ2v) is 3.37. The molecule has 0 fully saturated rings. The number of carbonyl (C=O) groups is 1. The minimum atomic E-state index is -0.434. The van der Waals surface area contributed by atoms with Crippen LogP contribution in [-0.2, 0) is 11.3 Å². The number of benzene rings is 1. The van der Waals surface area contributed by atoms with E-state index in [1.165, 1.54) is 7.11 Å². The first-order chi connectivity index (χ1) is 6.19. The summed E-state index contributed by atoms with van der Waals surface area (Å²) in [6, 6.07) is 5.03. The first kappa shape index (κ1) is 10.2. The molecule has 0 aliphatic heterocycles. The number of esters is 1. The van der Waals surface area contributed by atoms with Crippen LogP contribution in [0.2, 0.25) is 0 Å². The highest BCUT2D eigenvalue weighted by atomic mass is 79.9. The lowest BCUT2D eigenvalue weighted by Crippen LogP contribution is -2.05. The zero-order valence-electron chi connectivity index (χ0n) is 7.08. The summed E-state index contributed by atoms with van der Waals surface area (Å²) in [5.74, 6) is -0.434. The van der Waals surface area contributed by atoms with Crippen LogP contribution >= 0.6 is 15.9 Å². The lowest BCUT2D eigenvalue weighted by Gasteiger charge is -2.05. The molecule has 3 nitrogen and oxygen atoms in total. The fraction of sp³-hybridized carbons (Fsp3) is 0.222. The Morgan fingerprint density at radius 3 is 2.85 bits per heavy atom. The Labute approximate surface area is 84.5 Å². The van der Waals surface area contributed by atoms with E-state index < -0.39 is 5.97 Å². The van der Waals surface area contributed by atoms with E-state index in [2.05, 4.69) is 20.7 Å². The Balaban J connectivity index is 3.13. The van der Waals surface area contributed by atoms with Crippen LogP contribution < -0.4 is 0 Å². The van der Waals surface area contributed by atoms with Crippen molar-refractivity contribution in [3.63, 3.8) is 0 Å². The highest BCUT2D eigenvalue weighted by molar-refractivity contribution is 9.10. The predicted octanol–water partition coefficient (Wildman–Crippen LogP) is 1.73. The Morgan fingerprint density at radius 1 is 1.62 bits per heavy atom. The largest absolute Gasteiger partial charge is 0.465 e. The minimum absolute atomic E-state index is 0.177. The standard InChI is InChI=1S/C9H9BrO3/c1-13-9(12)8-3-2-7(10)4-6(8)5-11/h2-4,11H,5H2,1H3. The number of hydrogen-bond acceptors (Lipinski definition) is 3. The normalized spacial score (nSPS) is 9.77. The van der Waals surface area contributed by atoms with E-state index in [4.69, 9.17) is 5.11 Å². The number of carbonyl (C=O) groups excluding carboxylic acids is 1. The number of aliphatic hydroxyl groups excluding tert-OH is 1. The van der Waals surface area contributed by atoms with Gasteiger partial charge in [0, 0.05) is 4.47 Å². The van der Waals surface area contributed by atoms with Gasteiger partial charge in [0.15, 0.2) is 0 Å². The van der Waals surface area contributed by atoms with Gasteiger partial charge < -0.3 is 9.84 Å². The van der Waals surface area contributed by atoms with Crippen LogP contribution in [0.4, 0.5) is 0 Å². The van der Waals surface area contributed by atoms with Crippen molar-refractivity contribution < 1.29 is 14.6 Å². The van der Waals surface area contributed by atoms with Crippen molar-refractivity contribution in [1.29, 1.82) is 0 Å². The summed E-state index contributed by atoms with van der Waals surface area (Å²) in [6.07, 6.45) is 0. The highest BCUT2D eigenvalue weighted by Crippen LogP contribution is 2.17. The molecule has 13 heavy (non-hydrogen) atoms. The summed E-state index contributed by atoms with van der Waals surface area (Å²) < 4.78 is 5.38. The second-order valence-electron chi connectivity index (χ2n) is 2.45. The number of halogens is 1. The van der Waals surface area contributed by atoms with Crippen LogP contribution in [0.15, 0.2) is 22.7 Å². The summed E-state index contributed by atoms with van der Waals surface area (Å²) in [5.41, 5.74) is 0.953. The van der Waals surface area contributed by atoms with Crippen molar-refractivity contribution in [2.45, 2.75) is 6.61 Å². The van der Waals surface area contributed by atoms with Gasteiger partial charge in [-0.3, -0.25) is 0 Å². The van der Waals surface area contributed by atoms with Gasteiger partial charge in [-0.25, -0.2) is 4.79 Å². The molecular formula is C9H9BrO3. The van der Waals surface area contributed by atoms with Crippen LogP contribution in [0.3, 0.4) is 0 Å². The molecule has 0 bridgehead atoms. The van der Waals surface area contributed by atoms with Crippen LogP contribution in [0.1, 0.15) is 15.9 Å². The Kier molecular flexibility index (Phi) is 3.45. The molecule has 70 valence electrons. The summed E-state index contributed by atoms with van der Waals surface area (Å²) >= 11 is 3.24. The molecule has 0 unspecified atom stereocenters. The number of hydrogen-bond donors (Lipinski definition) is 1. The average molecular weight is 245 g/mol. The Morgan fingerprint density at radius 2 is 2.31 bits per heavy atom. The van der Waals surface area contributed by atoms with Crippen LogP contribution in [0.5, 0.6) is 0 Å².